The lowest BCUT2D eigenvalue weighted by atomic mass is 9.85. The second-order valence-corrected chi connectivity index (χ2v) is 6.29. The van der Waals surface area contributed by atoms with Gasteiger partial charge in [0.05, 0.1) is 5.56 Å². The molecular weight excluding hydrogens is 332 g/mol. The summed E-state index contributed by atoms with van der Waals surface area (Å²) >= 11 is 3.50. The molecule has 0 unspecified atom stereocenters. The number of hydrogen-bond donors (Lipinski definition) is 0. The van der Waals surface area contributed by atoms with Crippen molar-refractivity contribution in [2.75, 3.05) is 13.6 Å². The van der Waals surface area contributed by atoms with Crippen LogP contribution in [0.4, 0.5) is 8.78 Å². The van der Waals surface area contributed by atoms with Crippen LogP contribution in [-0.2, 0) is 0 Å². The van der Waals surface area contributed by atoms with Crippen molar-refractivity contribution in [1.29, 1.82) is 0 Å². The SMILES string of the molecule is CN(CC1CC(Br)C1)C(=O)c1ccccc1OC(F)F. The minimum Gasteiger partial charge on any atom is -0.434 e. The third-order valence-corrected chi connectivity index (χ3v) is 4.14. The fourth-order valence-corrected chi connectivity index (χ4v) is 3.38. The Kier molecular flexibility index (Phi) is 4.96. The van der Waals surface area contributed by atoms with E-state index in [0.717, 1.165) is 12.8 Å². The summed E-state index contributed by atoms with van der Waals surface area (Å²) in [5.74, 6) is 0.0992. The first-order valence-electron chi connectivity index (χ1n) is 6.40. The van der Waals surface area contributed by atoms with Crippen LogP contribution in [0.1, 0.15) is 23.2 Å². The molecule has 110 valence electrons. The normalized spacial score (nSPS) is 21.4. The van der Waals surface area contributed by atoms with Crippen molar-refractivity contribution in [2.24, 2.45) is 5.92 Å². The molecule has 0 radical (unpaired) electrons. The first kappa shape index (κ1) is 15.2. The van der Waals surface area contributed by atoms with E-state index in [4.69, 9.17) is 0 Å². The minimum absolute atomic E-state index is 0.0775. The van der Waals surface area contributed by atoms with Gasteiger partial charge in [0.15, 0.2) is 0 Å². The minimum atomic E-state index is -2.94. The standard InChI is InChI=1S/C14H16BrF2NO2/c1-18(8-9-6-10(15)7-9)13(19)11-4-2-3-5-12(11)20-14(16)17/h2-5,9-10,14H,6-8H2,1H3. The number of ether oxygens (including phenoxy) is 1. The first-order chi connectivity index (χ1) is 9.47. The Hall–Kier alpha value is -1.17. The van der Waals surface area contributed by atoms with Gasteiger partial charge in [0.25, 0.3) is 5.91 Å². The molecule has 1 aliphatic carbocycles. The van der Waals surface area contributed by atoms with E-state index in [-0.39, 0.29) is 17.2 Å². The molecule has 0 atom stereocenters. The predicted molar refractivity (Wildman–Crippen MR) is 75.5 cm³/mol. The Bertz CT molecular complexity index is 478. The fraction of sp³-hybridized carbons (Fsp3) is 0.500. The Morgan fingerprint density at radius 3 is 2.70 bits per heavy atom. The summed E-state index contributed by atoms with van der Waals surface area (Å²) < 4.78 is 29.0. The molecule has 6 heteroatoms. The molecule has 1 aromatic carbocycles. The molecule has 0 spiro atoms. The summed E-state index contributed by atoms with van der Waals surface area (Å²) in [6, 6.07) is 6.09. The molecule has 0 bridgehead atoms. The molecule has 20 heavy (non-hydrogen) atoms. The average Bonchev–Trinajstić information content (AvgIpc) is 2.36. The van der Waals surface area contributed by atoms with Crippen LogP contribution in [0.3, 0.4) is 0 Å². The van der Waals surface area contributed by atoms with Crippen molar-refractivity contribution >= 4 is 21.8 Å². The zero-order chi connectivity index (χ0) is 14.7. The lowest BCUT2D eigenvalue weighted by molar-refractivity contribution is -0.0502. The molecule has 1 fully saturated rings. The molecular formula is C14H16BrF2NO2. The lowest BCUT2D eigenvalue weighted by Crippen LogP contribution is -2.37. The number of nitrogens with zero attached hydrogens (tertiary/aromatic N) is 1. The van der Waals surface area contributed by atoms with E-state index in [1.54, 1.807) is 24.1 Å². The van der Waals surface area contributed by atoms with Gasteiger partial charge in [0.1, 0.15) is 5.75 Å². The molecule has 0 aliphatic heterocycles. The number of amides is 1. The van der Waals surface area contributed by atoms with Crippen molar-refractivity contribution in [3.8, 4) is 5.75 Å². The lowest BCUT2D eigenvalue weighted by Gasteiger charge is -2.34. The maximum atomic E-state index is 12.3. The van der Waals surface area contributed by atoms with Crippen molar-refractivity contribution < 1.29 is 18.3 Å². The van der Waals surface area contributed by atoms with Crippen molar-refractivity contribution in [3.63, 3.8) is 0 Å². The van der Waals surface area contributed by atoms with E-state index in [1.165, 1.54) is 12.1 Å². The van der Waals surface area contributed by atoms with Gasteiger partial charge in [-0.1, -0.05) is 28.1 Å². The maximum Gasteiger partial charge on any atom is 0.387 e. The van der Waals surface area contributed by atoms with Gasteiger partial charge in [-0.15, -0.1) is 0 Å². The van der Waals surface area contributed by atoms with Gasteiger partial charge in [0, 0.05) is 18.4 Å². The second kappa shape index (κ2) is 6.52. The highest BCUT2D eigenvalue weighted by Gasteiger charge is 2.29. The number of halogens is 3. The zero-order valence-corrected chi connectivity index (χ0v) is 12.6. The van der Waals surface area contributed by atoms with Crippen LogP contribution in [0.5, 0.6) is 5.75 Å². The number of alkyl halides is 3. The fourth-order valence-electron chi connectivity index (χ4n) is 2.32. The van der Waals surface area contributed by atoms with Gasteiger partial charge in [-0.05, 0) is 30.9 Å². The Morgan fingerprint density at radius 1 is 1.45 bits per heavy atom. The summed E-state index contributed by atoms with van der Waals surface area (Å²) in [5.41, 5.74) is 0.171. The number of rotatable bonds is 5. The smallest absolute Gasteiger partial charge is 0.387 e. The van der Waals surface area contributed by atoms with Gasteiger partial charge in [-0.25, -0.2) is 0 Å². The van der Waals surface area contributed by atoms with Crippen molar-refractivity contribution in [2.45, 2.75) is 24.3 Å². The van der Waals surface area contributed by atoms with Crippen molar-refractivity contribution in [1.82, 2.24) is 4.90 Å². The molecule has 3 nitrogen and oxygen atoms in total. The molecule has 0 heterocycles. The highest BCUT2D eigenvalue weighted by molar-refractivity contribution is 9.09. The Morgan fingerprint density at radius 2 is 2.10 bits per heavy atom. The molecule has 2 rings (SSSR count). The summed E-state index contributed by atoms with van der Waals surface area (Å²) in [6.45, 7) is -2.31. The van der Waals surface area contributed by atoms with Crippen LogP contribution in [0.2, 0.25) is 0 Å². The monoisotopic (exact) mass is 347 g/mol. The van der Waals surface area contributed by atoms with Gasteiger partial charge in [-0.2, -0.15) is 8.78 Å². The molecule has 0 saturated heterocycles. The average molecular weight is 348 g/mol. The zero-order valence-electron chi connectivity index (χ0n) is 11.1. The second-order valence-electron chi connectivity index (χ2n) is 5.00. The van der Waals surface area contributed by atoms with E-state index < -0.39 is 6.61 Å². The molecule has 0 aromatic heterocycles. The van der Waals surface area contributed by atoms with E-state index in [9.17, 15) is 13.6 Å². The molecule has 1 saturated carbocycles. The third kappa shape index (κ3) is 3.69. The molecule has 0 N–H and O–H groups in total. The molecule has 1 aliphatic rings. The number of carbonyl (C=O) groups is 1. The van der Waals surface area contributed by atoms with Gasteiger partial charge in [0.2, 0.25) is 0 Å². The van der Waals surface area contributed by atoms with Crippen LogP contribution in [0, 0.1) is 5.92 Å². The largest absolute Gasteiger partial charge is 0.434 e. The van der Waals surface area contributed by atoms with Crippen LogP contribution in [-0.4, -0.2) is 35.8 Å². The number of para-hydroxylation sites is 1. The Labute approximate surface area is 125 Å². The van der Waals surface area contributed by atoms with Crippen LogP contribution in [0.25, 0.3) is 0 Å². The maximum absolute atomic E-state index is 12.3. The van der Waals surface area contributed by atoms with Gasteiger partial charge in [-0.3, -0.25) is 4.79 Å². The number of hydrogen-bond acceptors (Lipinski definition) is 2. The highest BCUT2D eigenvalue weighted by atomic mass is 79.9. The predicted octanol–water partition coefficient (Wildman–Crippen LogP) is 3.53. The van der Waals surface area contributed by atoms with Crippen molar-refractivity contribution in [3.05, 3.63) is 29.8 Å². The summed E-state index contributed by atoms with van der Waals surface area (Å²) in [5, 5.41) is 0. The van der Waals surface area contributed by atoms with Crippen LogP contribution >= 0.6 is 15.9 Å². The summed E-state index contributed by atoms with van der Waals surface area (Å²) in [4.78, 5) is 14.4. The van der Waals surface area contributed by atoms with E-state index in [2.05, 4.69) is 20.7 Å². The third-order valence-electron chi connectivity index (χ3n) is 3.39. The van der Waals surface area contributed by atoms with Gasteiger partial charge >= 0.3 is 6.61 Å². The summed E-state index contributed by atoms with van der Waals surface area (Å²) in [6.07, 6.45) is 2.07. The highest BCUT2D eigenvalue weighted by Crippen LogP contribution is 2.34. The quantitative estimate of drug-likeness (QED) is 0.762. The topological polar surface area (TPSA) is 29.5 Å². The van der Waals surface area contributed by atoms with E-state index >= 15 is 0 Å². The van der Waals surface area contributed by atoms with Crippen LogP contribution < -0.4 is 4.74 Å². The molecule has 1 amide bonds. The van der Waals surface area contributed by atoms with Gasteiger partial charge < -0.3 is 9.64 Å². The Balaban J connectivity index is 2.04. The molecule has 1 aromatic rings. The number of carbonyl (C=O) groups excluding carboxylic acids is 1. The van der Waals surface area contributed by atoms with Crippen LogP contribution in [0.15, 0.2) is 24.3 Å². The summed E-state index contributed by atoms with van der Waals surface area (Å²) in [7, 11) is 1.68. The first-order valence-corrected chi connectivity index (χ1v) is 7.32. The number of benzene rings is 1. The van der Waals surface area contributed by atoms with E-state index in [1.807, 2.05) is 0 Å². The van der Waals surface area contributed by atoms with E-state index in [0.29, 0.717) is 17.3 Å².